The second-order valence-corrected chi connectivity index (χ2v) is 4.89. The number of ether oxygens (including phenoxy) is 1. The van der Waals surface area contributed by atoms with Crippen LogP contribution in [0.5, 0.6) is 0 Å². The number of nitrogens with one attached hydrogen (secondary N) is 1. The Morgan fingerprint density at radius 3 is 2.78 bits per heavy atom. The molecule has 1 aliphatic heterocycles. The number of carbonyl (C=O) groups excluding carboxylic acids is 1. The van der Waals surface area contributed by atoms with Crippen LogP contribution in [0.1, 0.15) is 28.8 Å². The number of hydrogen-bond acceptors (Lipinski definition) is 2. The summed E-state index contributed by atoms with van der Waals surface area (Å²) in [5.74, 6) is 0.896. The molecule has 1 aromatic carbocycles. The fourth-order valence-electron chi connectivity index (χ4n) is 2.05. The average molecular weight is 268 g/mol. The molecule has 1 unspecified atom stereocenters. The van der Waals surface area contributed by atoms with Gasteiger partial charge in [0.2, 0.25) is 0 Å². The smallest absolute Gasteiger partial charge is 0.251 e. The molecule has 1 aliphatic rings. The third-order valence-electron chi connectivity index (χ3n) is 3.18. The van der Waals surface area contributed by atoms with Gasteiger partial charge in [0.05, 0.1) is 6.61 Å². The standard InChI is InChI=1S/C14H18ClNO2/c15-8-11-3-5-13(6-4-11)14(17)16-9-12-2-1-7-18-10-12/h3-6,12H,1-2,7-10H2,(H,16,17). The average Bonchev–Trinajstić information content (AvgIpc) is 2.46. The van der Waals surface area contributed by atoms with Gasteiger partial charge in [0.15, 0.2) is 0 Å². The molecule has 1 amide bonds. The fourth-order valence-corrected chi connectivity index (χ4v) is 2.23. The van der Waals surface area contributed by atoms with Crippen molar-refractivity contribution in [2.45, 2.75) is 18.7 Å². The van der Waals surface area contributed by atoms with E-state index in [0.29, 0.717) is 23.9 Å². The van der Waals surface area contributed by atoms with Crippen LogP contribution in [0.3, 0.4) is 0 Å². The molecule has 1 fully saturated rings. The zero-order valence-corrected chi connectivity index (χ0v) is 11.1. The summed E-state index contributed by atoms with van der Waals surface area (Å²) in [4.78, 5) is 11.9. The number of amides is 1. The van der Waals surface area contributed by atoms with Crippen LogP contribution in [-0.2, 0) is 10.6 Å². The monoisotopic (exact) mass is 267 g/mol. The first kappa shape index (κ1) is 13.4. The Bertz CT molecular complexity index is 385. The van der Waals surface area contributed by atoms with Crippen molar-refractivity contribution in [3.05, 3.63) is 35.4 Å². The van der Waals surface area contributed by atoms with E-state index in [2.05, 4.69) is 5.32 Å². The molecule has 3 nitrogen and oxygen atoms in total. The fraction of sp³-hybridized carbons (Fsp3) is 0.500. The van der Waals surface area contributed by atoms with Gasteiger partial charge in [0.25, 0.3) is 5.91 Å². The van der Waals surface area contributed by atoms with Gasteiger partial charge in [0, 0.05) is 24.6 Å². The van der Waals surface area contributed by atoms with Crippen LogP contribution < -0.4 is 5.32 Å². The van der Waals surface area contributed by atoms with Gasteiger partial charge in [-0.3, -0.25) is 4.79 Å². The lowest BCUT2D eigenvalue weighted by Gasteiger charge is -2.22. The summed E-state index contributed by atoms with van der Waals surface area (Å²) in [6.07, 6.45) is 2.22. The summed E-state index contributed by atoms with van der Waals surface area (Å²) in [6.45, 7) is 2.30. The Morgan fingerprint density at radius 2 is 2.17 bits per heavy atom. The van der Waals surface area contributed by atoms with E-state index in [9.17, 15) is 4.79 Å². The van der Waals surface area contributed by atoms with Gasteiger partial charge in [0.1, 0.15) is 0 Å². The van der Waals surface area contributed by atoms with Gasteiger partial charge in [-0.05, 0) is 36.5 Å². The summed E-state index contributed by atoms with van der Waals surface area (Å²) < 4.78 is 5.38. The van der Waals surface area contributed by atoms with Crippen molar-refractivity contribution < 1.29 is 9.53 Å². The summed E-state index contributed by atoms with van der Waals surface area (Å²) in [6, 6.07) is 7.38. The molecule has 1 N–H and O–H groups in total. The highest BCUT2D eigenvalue weighted by atomic mass is 35.5. The van der Waals surface area contributed by atoms with Crippen molar-refractivity contribution in [2.75, 3.05) is 19.8 Å². The number of halogens is 1. The SMILES string of the molecule is O=C(NCC1CCCOC1)c1ccc(CCl)cc1. The summed E-state index contributed by atoms with van der Waals surface area (Å²) in [5, 5.41) is 2.95. The van der Waals surface area contributed by atoms with E-state index >= 15 is 0 Å². The van der Waals surface area contributed by atoms with E-state index < -0.39 is 0 Å². The van der Waals surface area contributed by atoms with Gasteiger partial charge in [-0.1, -0.05) is 12.1 Å². The molecular formula is C14H18ClNO2. The molecule has 0 bridgehead atoms. The van der Waals surface area contributed by atoms with Crippen molar-refractivity contribution in [2.24, 2.45) is 5.92 Å². The molecule has 1 atom stereocenters. The van der Waals surface area contributed by atoms with Gasteiger partial charge < -0.3 is 10.1 Å². The number of hydrogen-bond donors (Lipinski definition) is 1. The van der Waals surface area contributed by atoms with Crippen LogP contribution in [0.25, 0.3) is 0 Å². The lowest BCUT2D eigenvalue weighted by Crippen LogP contribution is -2.33. The lowest BCUT2D eigenvalue weighted by molar-refractivity contribution is 0.0536. The quantitative estimate of drug-likeness (QED) is 0.852. The summed E-state index contributed by atoms with van der Waals surface area (Å²) in [5.41, 5.74) is 1.70. The second-order valence-electron chi connectivity index (χ2n) is 4.62. The maximum absolute atomic E-state index is 11.9. The Morgan fingerprint density at radius 1 is 1.39 bits per heavy atom. The zero-order chi connectivity index (χ0) is 12.8. The highest BCUT2D eigenvalue weighted by molar-refractivity contribution is 6.17. The molecule has 18 heavy (non-hydrogen) atoms. The first-order chi connectivity index (χ1) is 8.79. The lowest BCUT2D eigenvalue weighted by atomic mass is 10.0. The predicted octanol–water partition coefficient (Wildman–Crippen LogP) is 2.58. The molecule has 0 spiro atoms. The van der Waals surface area contributed by atoms with Gasteiger partial charge in [-0.15, -0.1) is 11.6 Å². The normalized spacial score (nSPS) is 19.5. The van der Waals surface area contributed by atoms with Gasteiger partial charge >= 0.3 is 0 Å². The minimum Gasteiger partial charge on any atom is -0.381 e. The van der Waals surface area contributed by atoms with Crippen LogP contribution in [0.4, 0.5) is 0 Å². The maximum Gasteiger partial charge on any atom is 0.251 e. The maximum atomic E-state index is 11.9. The number of carbonyl (C=O) groups is 1. The minimum absolute atomic E-state index is 0.0262. The molecule has 0 aliphatic carbocycles. The van der Waals surface area contributed by atoms with Crippen molar-refractivity contribution in [1.82, 2.24) is 5.32 Å². The van der Waals surface area contributed by atoms with Crippen LogP contribution in [0, 0.1) is 5.92 Å². The Kier molecular flexibility index (Phi) is 5.02. The van der Waals surface area contributed by atoms with Crippen molar-refractivity contribution in [3.63, 3.8) is 0 Å². The topological polar surface area (TPSA) is 38.3 Å². The molecule has 98 valence electrons. The molecular weight excluding hydrogens is 250 g/mol. The predicted molar refractivity (Wildman–Crippen MR) is 71.9 cm³/mol. The highest BCUT2D eigenvalue weighted by Crippen LogP contribution is 2.12. The van der Waals surface area contributed by atoms with Gasteiger partial charge in [-0.2, -0.15) is 0 Å². The van der Waals surface area contributed by atoms with Crippen molar-refractivity contribution in [1.29, 1.82) is 0 Å². The number of rotatable bonds is 4. The van der Waals surface area contributed by atoms with Gasteiger partial charge in [-0.25, -0.2) is 0 Å². The first-order valence-corrected chi connectivity index (χ1v) is 6.84. The Labute approximate surface area is 112 Å². The number of alkyl halides is 1. The van der Waals surface area contributed by atoms with E-state index in [1.165, 1.54) is 0 Å². The Hall–Kier alpha value is -1.06. The summed E-state index contributed by atoms with van der Waals surface area (Å²) >= 11 is 5.71. The van der Waals surface area contributed by atoms with E-state index in [1.807, 2.05) is 24.3 Å². The van der Waals surface area contributed by atoms with Crippen molar-refractivity contribution in [3.8, 4) is 0 Å². The molecule has 1 aromatic rings. The minimum atomic E-state index is -0.0262. The van der Waals surface area contributed by atoms with Crippen LogP contribution >= 0.6 is 11.6 Å². The van der Waals surface area contributed by atoms with E-state index in [-0.39, 0.29) is 5.91 Å². The molecule has 1 saturated heterocycles. The molecule has 2 rings (SSSR count). The summed E-state index contributed by atoms with van der Waals surface area (Å²) in [7, 11) is 0. The van der Waals surface area contributed by atoms with E-state index in [0.717, 1.165) is 31.6 Å². The molecule has 4 heteroatoms. The molecule has 0 radical (unpaired) electrons. The largest absolute Gasteiger partial charge is 0.381 e. The zero-order valence-electron chi connectivity index (χ0n) is 10.3. The second kappa shape index (κ2) is 6.76. The number of benzene rings is 1. The van der Waals surface area contributed by atoms with E-state index in [1.54, 1.807) is 0 Å². The third-order valence-corrected chi connectivity index (χ3v) is 3.48. The molecule has 0 aromatic heterocycles. The molecule has 0 saturated carbocycles. The van der Waals surface area contributed by atoms with E-state index in [4.69, 9.17) is 16.3 Å². The van der Waals surface area contributed by atoms with Crippen LogP contribution in [0.15, 0.2) is 24.3 Å². The van der Waals surface area contributed by atoms with Crippen LogP contribution in [-0.4, -0.2) is 25.7 Å². The Balaban J connectivity index is 1.82. The highest BCUT2D eigenvalue weighted by Gasteiger charge is 2.15. The third kappa shape index (κ3) is 3.72. The van der Waals surface area contributed by atoms with Crippen molar-refractivity contribution >= 4 is 17.5 Å². The molecule has 1 heterocycles. The first-order valence-electron chi connectivity index (χ1n) is 6.30. The van der Waals surface area contributed by atoms with Crippen LogP contribution in [0.2, 0.25) is 0 Å².